The van der Waals surface area contributed by atoms with Crippen LogP contribution in [0.25, 0.3) is 0 Å². The molecule has 0 radical (unpaired) electrons. The Hall–Kier alpha value is -2.04. The summed E-state index contributed by atoms with van der Waals surface area (Å²) in [6.07, 6.45) is -0.594. The lowest BCUT2D eigenvalue weighted by Crippen LogP contribution is -2.21. The van der Waals surface area contributed by atoms with Gasteiger partial charge >= 0.3 is 0 Å². The van der Waals surface area contributed by atoms with Crippen molar-refractivity contribution in [3.63, 3.8) is 0 Å². The molecule has 0 saturated heterocycles. The molecule has 0 aliphatic carbocycles. The molecule has 0 aliphatic heterocycles. The first-order valence-corrected chi connectivity index (χ1v) is 7.31. The summed E-state index contributed by atoms with van der Waals surface area (Å²) in [5.41, 5.74) is 3.28. The Balaban J connectivity index is 1.95. The predicted molar refractivity (Wildman–Crippen MR) is 87.4 cm³/mol. The maximum absolute atomic E-state index is 10.3. The average Bonchev–Trinajstić information content (AvgIpc) is 2.55. The van der Waals surface area contributed by atoms with Crippen molar-refractivity contribution in [2.75, 3.05) is 20.8 Å². The third-order valence-corrected chi connectivity index (χ3v) is 3.71. The lowest BCUT2D eigenvalue weighted by atomic mass is 10.1. The Morgan fingerprint density at radius 2 is 1.77 bits per heavy atom. The molecule has 2 aromatic rings. The maximum Gasteiger partial charge on any atom is 0.161 e. The van der Waals surface area contributed by atoms with E-state index in [1.54, 1.807) is 26.4 Å². The second-order valence-corrected chi connectivity index (χ2v) is 5.19. The van der Waals surface area contributed by atoms with E-state index in [1.165, 1.54) is 11.1 Å². The van der Waals surface area contributed by atoms with Crippen molar-refractivity contribution in [2.45, 2.75) is 19.6 Å². The molecule has 0 fully saturated rings. The second kappa shape index (κ2) is 7.82. The van der Waals surface area contributed by atoms with E-state index < -0.39 is 6.10 Å². The van der Waals surface area contributed by atoms with Crippen LogP contribution in [0.3, 0.4) is 0 Å². The molecule has 118 valence electrons. The monoisotopic (exact) mass is 301 g/mol. The highest BCUT2D eigenvalue weighted by Crippen LogP contribution is 2.29. The third-order valence-electron chi connectivity index (χ3n) is 3.71. The van der Waals surface area contributed by atoms with E-state index in [0.29, 0.717) is 18.0 Å². The van der Waals surface area contributed by atoms with Gasteiger partial charge in [-0.25, -0.2) is 0 Å². The van der Waals surface area contributed by atoms with E-state index in [4.69, 9.17) is 9.47 Å². The van der Waals surface area contributed by atoms with E-state index in [0.717, 1.165) is 12.1 Å². The number of benzene rings is 2. The number of methoxy groups -OCH3 is 2. The van der Waals surface area contributed by atoms with E-state index in [9.17, 15) is 5.11 Å². The second-order valence-electron chi connectivity index (χ2n) is 5.19. The number of aryl methyl sites for hydroxylation is 1. The third kappa shape index (κ3) is 4.00. The van der Waals surface area contributed by atoms with Gasteiger partial charge < -0.3 is 19.9 Å². The Morgan fingerprint density at radius 1 is 1.05 bits per heavy atom. The summed E-state index contributed by atoms with van der Waals surface area (Å²) < 4.78 is 10.5. The van der Waals surface area contributed by atoms with Crippen molar-refractivity contribution in [1.29, 1.82) is 0 Å². The van der Waals surface area contributed by atoms with Crippen LogP contribution in [0.5, 0.6) is 11.5 Å². The number of rotatable bonds is 7. The summed E-state index contributed by atoms with van der Waals surface area (Å²) in [5, 5.41) is 13.6. The smallest absolute Gasteiger partial charge is 0.161 e. The molecule has 1 unspecified atom stereocenters. The summed E-state index contributed by atoms with van der Waals surface area (Å²) in [5.74, 6) is 1.28. The van der Waals surface area contributed by atoms with Crippen LogP contribution >= 0.6 is 0 Å². The van der Waals surface area contributed by atoms with Gasteiger partial charge in [0.2, 0.25) is 0 Å². The zero-order valence-corrected chi connectivity index (χ0v) is 13.3. The zero-order chi connectivity index (χ0) is 15.9. The van der Waals surface area contributed by atoms with Crippen LogP contribution in [-0.2, 0) is 6.54 Å². The molecule has 0 aromatic heterocycles. The highest BCUT2D eigenvalue weighted by molar-refractivity contribution is 5.43. The van der Waals surface area contributed by atoms with Crippen molar-refractivity contribution in [1.82, 2.24) is 5.32 Å². The van der Waals surface area contributed by atoms with Gasteiger partial charge in [-0.05, 0) is 35.7 Å². The van der Waals surface area contributed by atoms with Gasteiger partial charge in [0.25, 0.3) is 0 Å². The van der Waals surface area contributed by atoms with E-state index in [-0.39, 0.29) is 0 Å². The van der Waals surface area contributed by atoms with E-state index in [1.807, 2.05) is 18.2 Å². The van der Waals surface area contributed by atoms with Gasteiger partial charge in [-0.2, -0.15) is 0 Å². The molecule has 0 amide bonds. The minimum Gasteiger partial charge on any atom is -0.493 e. The van der Waals surface area contributed by atoms with Gasteiger partial charge in [0, 0.05) is 13.1 Å². The first-order chi connectivity index (χ1) is 10.7. The molecule has 0 bridgehead atoms. The van der Waals surface area contributed by atoms with Crippen LogP contribution in [0.15, 0.2) is 42.5 Å². The number of hydrogen-bond donors (Lipinski definition) is 2. The fraction of sp³-hybridized carbons (Fsp3) is 0.333. The van der Waals surface area contributed by atoms with E-state index >= 15 is 0 Å². The molecule has 2 N–H and O–H groups in total. The fourth-order valence-corrected chi connectivity index (χ4v) is 2.33. The number of aliphatic hydroxyl groups is 1. The van der Waals surface area contributed by atoms with Gasteiger partial charge in [-0.15, -0.1) is 0 Å². The Bertz CT molecular complexity index is 613. The van der Waals surface area contributed by atoms with Crippen LogP contribution in [0.1, 0.15) is 22.8 Å². The van der Waals surface area contributed by atoms with Gasteiger partial charge in [0.1, 0.15) is 0 Å². The van der Waals surface area contributed by atoms with Crippen molar-refractivity contribution < 1.29 is 14.6 Å². The Kier molecular flexibility index (Phi) is 5.81. The molecule has 2 rings (SSSR count). The van der Waals surface area contributed by atoms with Crippen molar-refractivity contribution in [3.8, 4) is 11.5 Å². The molecule has 4 nitrogen and oxygen atoms in total. The molecular formula is C18H23NO3. The van der Waals surface area contributed by atoms with Crippen LogP contribution in [0, 0.1) is 6.92 Å². The van der Waals surface area contributed by atoms with Gasteiger partial charge in [-0.3, -0.25) is 0 Å². The minimum atomic E-state index is -0.594. The van der Waals surface area contributed by atoms with E-state index in [2.05, 4.69) is 24.4 Å². The summed E-state index contributed by atoms with van der Waals surface area (Å²) >= 11 is 0. The summed E-state index contributed by atoms with van der Waals surface area (Å²) in [6.45, 7) is 3.29. The summed E-state index contributed by atoms with van der Waals surface area (Å²) in [4.78, 5) is 0. The lowest BCUT2D eigenvalue weighted by molar-refractivity contribution is 0.174. The Labute approximate surface area is 131 Å². The molecule has 2 aromatic carbocycles. The van der Waals surface area contributed by atoms with Crippen molar-refractivity contribution in [2.24, 2.45) is 0 Å². The van der Waals surface area contributed by atoms with Crippen LogP contribution in [0.4, 0.5) is 0 Å². The number of nitrogens with one attached hydrogen (secondary N) is 1. The molecular weight excluding hydrogens is 278 g/mol. The molecule has 22 heavy (non-hydrogen) atoms. The topological polar surface area (TPSA) is 50.7 Å². The van der Waals surface area contributed by atoms with Crippen molar-refractivity contribution in [3.05, 3.63) is 59.2 Å². The fourth-order valence-electron chi connectivity index (χ4n) is 2.33. The summed E-state index contributed by atoms with van der Waals surface area (Å²) in [6, 6.07) is 13.7. The van der Waals surface area contributed by atoms with Crippen molar-refractivity contribution >= 4 is 0 Å². The largest absolute Gasteiger partial charge is 0.493 e. The SMILES string of the molecule is COc1ccc(C(O)CNCc2ccccc2C)cc1OC. The first-order valence-electron chi connectivity index (χ1n) is 7.31. The summed E-state index contributed by atoms with van der Waals surface area (Å²) in [7, 11) is 3.18. The molecule has 0 spiro atoms. The molecule has 0 aliphatic rings. The van der Waals surface area contributed by atoms with Crippen LogP contribution < -0.4 is 14.8 Å². The minimum absolute atomic E-state index is 0.476. The highest BCUT2D eigenvalue weighted by Gasteiger charge is 2.11. The van der Waals surface area contributed by atoms with Gasteiger partial charge in [0.15, 0.2) is 11.5 Å². The van der Waals surface area contributed by atoms with Gasteiger partial charge in [-0.1, -0.05) is 30.3 Å². The van der Waals surface area contributed by atoms with Gasteiger partial charge in [0.05, 0.1) is 20.3 Å². The zero-order valence-electron chi connectivity index (χ0n) is 13.3. The quantitative estimate of drug-likeness (QED) is 0.825. The molecule has 0 heterocycles. The average molecular weight is 301 g/mol. The molecule has 1 atom stereocenters. The highest BCUT2D eigenvalue weighted by atomic mass is 16.5. The Morgan fingerprint density at radius 3 is 2.45 bits per heavy atom. The standard InChI is InChI=1S/C18H23NO3/c1-13-6-4-5-7-15(13)11-19-12-16(20)14-8-9-17(21-2)18(10-14)22-3/h4-10,16,19-20H,11-12H2,1-3H3. The number of aliphatic hydroxyl groups excluding tert-OH is 1. The lowest BCUT2D eigenvalue weighted by Gasteiger charge is -2.15. The first kappa shape index (κ1) is 16.3. The normalized spacial score (nSPS) is 12.0. The maximum atomic E-state index is 10.3. The van der Waals surface area contributed by atoms with Crippen LogP contribution in [-0.4, -0.2) is 25.9 Å². The van der Waals surface area contributed by atoms with Crippen LogP contribution in [0.2, 0.25) is 0 Å². The molecule has 4 heteroatoms. The number of hydrogen-bond acceptors (Lipinski definition) is 4. The molecule has 0 saturated carbocycles. The predicted octanol–water partition coefficient (Wildman–Crippen LogP) is 2.84. The number of ether oxygens (including phenoxy) is 2.